The number of halogens is 1. The molecule has 1 fully saturated rings. The molecule has 4 nitrogen and oxygen atoms in total. The molecule has 1 atom stereocenters. The highest BCUT2D eigenvalue weighted by molar-refractivity contribution is 7.90. The molecule has 170 valence electrons. The van der Waals surface area contributed by atoms with Crippen LogP contribution in [-0.4, -0.2) is 27.2 Å². The van der Waals surface area contributed by atoms with E-state index in [0.717, 1.165) is 24.0 Å². The number of benzene rings is 3. The Hall–Kier alpha value is -2.89. The quantitative estimate of drug-likeness (QED) is 0.454. The maximum Gasteiger partial charge on any atom is 0.305 e. The molecule has 3 aromatic carbocycles. The minimum Gasteiger partial charge on any atom is -0.466 e. The Morgan fingerprint density at radius 3 is 2.36 bits per heavy atom. The predicted molar refractivity (Wildman–Crippen MR) is 131 cm³/mol. The topological polar surface area (TPSA) is 60.4 Å². The summed E-state index contributed by atoms with van der Waals surface area (Å²) in [6, 6.07) is 23.5. The number of esters is 1. The van der Waals surface area contributed by atoms with Gasteiger partial charge in [-0.25, -0.2) is 8.42 Å². The average molecular weight is 481 g/mol. The standard InChI is InChI=1S/C23H19ClO2S.C4H6O2/c1-27(25,26)21-11-9-17(10-12-21)16-23(19-6-4-7-20(24)15-19)14-13-18-5-2-3-8-22(18)23;5-4-2-1-3-6-4/h2-15H,16H2,1H3;1-3H2. The van der Waals surface area contributed by atoms with Crippen molar-refractivity contribution < 1.29 is 17.9 Å². The first kappa shape index (κ1) is 23.3. The van der Waals surface area contributed by atoms with Gasteiger partial charge in [0, 0.05) is 23.1 Å². The second kappa shape index (κ2) is 9.54. The van der Waals surface area contributed by atoms with Gasteiger partial charge >= 0.3 is 5.97 Å². The van der Waals surface area contributed by atoms with E-state index in [-0.39, 0.29) is 11.4 Å². The number of hydrogen-bond donors (Lipinski definition) is 0. The number of rotatable bonds is 4. The molecule has 0 amide bonds. The Kier molecular flexibility index (Phi) is 6.73. The Bertz CT molecular complexity index is 1290. The summed E-state index contributed by atoms with van der Waals surface area (Å²) < 4.78 is 28.0. The van der Waals surface area contributed by atoms with Gasteiger partial charge in [-0.15, -0.1) is 0 Å². The van der Waals surface area contributed by atoms with Crippen LogP contribution in [0.15, 0.2) is 83.8 Å². The van der Waals surface area contributed by atoms with Crippen molar-refractivity contribution in [2.75, 3.05) is 12.9 Å². The van der Waals surface area contributed by atoms with E-state index in [0.29, 0.717) is 22.9 Å². The van der Waals surface area contributed by atoms with Crippen molar-refractivity contribution >= 4 is 33.5 Å². The molecule has 0 saturated carbocycles. The van der Waals surface area contributed by atoms with Crippen molar-refractivity contribution in [3.63, 3.8) is 0 Å². The molecule has 3 aromatic rings. The van der Waals surface area contributed by atoms with Crippen LogP contribution in [0.5, 0.6) is 0 Å². The molecule has 0 radical (unpaired) electrons. The predicted octanol–water partition coefficient (Wildman–Crippen LogP) is 5.62. The lowest BCUT2D eigenvalue weighted by Crippen LogP contribution is -2.26. The lowest BCUT2D eigenvalue weighted by Gasteiger charge is -2.30. The van der Waals surface area contributed by atoms with Gasteiger partial charge in [-0.2, -0.15) is 0 Å². The third-order valence-electron chi connectivity index (χ3n) is 5.95. The monoisotopic (exact) mass is 480 g/mol. The molecule has 1 unspecified atom stereocenters. The van der Waals surface area contributed by atoms with E-state index in [1.54, 1.807) is 12.1 Å². The summed E-state index contributed by atoms with van der Waals surface area (Å²) in [6.07, 6.45) is 7.88. The minimum atomic E-state index is -3.20. The fourth-order valence-electron chi connectivity index (χ4n) is 4.30. The summed E-state index contributed by atoms with van der Waals surface area (Å²) in [4.78, 5) is 10.4. The molecule has 0 N–H and O–H groups in total. The first-order valence-electron chi connectivity index (χ1n) is 10.8. The molecule has 1 aliphatic carbocycles. The van der Waals surface area contributed by atoms with Crippen LogP contribution in [0.25, 0.3) is 6.08 Å². The maximum atomic E-state index is 11.7. The Morgan fingerprint density at radius 1 is 1.00 bits per heavy atom. The van der Waals surface area contributed by atoms with Crippen LogP contribution in [0.4, 0.5) is 0 Å². The van der Waals surface area contributed by atoms with E-state index in [2.05, 4.69) is 41.2 Å². The molecule has 33 heavy (non-hydrogen) atoms. The van der Waals surface area contributed by atoms with Gasteiger partial charge in [-0.1, -0.05) is 72.3 Å². The molecule has 1 aliphatic heterocycles. The van der Waals surface area contributed by atoms with Crippen molar-refractivity contribution in [1.29, 1.82) is 0 Å². The van der Waals surface area contributed by atoms with Crippen molar-refractivity contribution in [2.45, 2.75) is 29.6 Å². The van der Waals surface area contributed by atoms with Crippen LogP contribution in [0.1, 0.15) is 35.1 Å². The van der Waals surface area contributed by atoms with Crippen LogP contribution in [-0.2, 0) is 31.2 Å². The summed E-state index contributed by atoms with van der Waals surface area (Å²) in [6.45, 7) is 0.638. The van der Waals surface area contributed by atoms with Gasteiger partial charge in [0.1, 0.15) is 0 Å². The van der Waals surface area contributed by atoms with Gasteiger partial charge in [0.15, 0.2) is 9.84 Å². The highest BCUT2D eigenvalue weighted by atomic mass is 35.5. The molecule has 1 heterocycles. The number of ether oxygens (including phenoxy) is 1. The lowest BCUT2D eigenvalue weighted by molar-refractivity contribution is -0.137. The number of carbonyl (C=O) groups excluding carboxylic acids is 1. The van der Waals surface area contributed by atoms with Crippen LogP contribution in [0.3, 0.4) is 0 Å². The molecule has 0 bridgehead atoms. The molecule has 2 aliphatic rings. The number of hydrogen-bond acceptors (Lipinski definition) is 4. The van der Waals surface area contributed by atoms with Crippen LogP contribution in [0, 0.1) is 0 Å². The zero-order chi connectivity index (χ0) is 23.5. The number of fused-ring (bicyclic) bond motifs is 1. The van der Waals surface area contributed by atoms with Gasteiger partial charge in [0.05, 0.1) is 11.5 Å². The Morgan fingerprint density at radius 2 is 1.76 bits per heavy atom. The minimum absolute atomic E-state index is 0.0463. The van der Waals surface area contributed by atoms with E-state index in [1.165, 1.54) is 17.4 Å². The normalized spacial score (nSPS) is 18.9. The molecule has 1 saturated heterocycles. The van der Waals surface area contributed by atoms with Gasteiger partial charge in [0.25, 0.3) is 0 Å². The second-order valence-corrected chi connectivity index (χ2v) is 10.8. The molecular weight excluding hydrogens is 456 g/mol. The van der Waals surface area contributed by atoms with Gasteiger partial charge < -0.3 is 4.74 Å². The van der Waals surface area contributed by atoms with Gasteiger partial charge in [-0.3, -0.25) is 4.79 Å². The van der Waals surface area contributed by atoms with E-state index < -0.39 is 9.84 Å². The summed E-state index contributed by atoms with van der Waals surface area (Å²) in [7, 11) is -3.20. The largest absolute Gasteiger partial charge is 0.466 e. The Labute approximate surface area is 199 Å². The van der Waals surface area contributed by atoms with E-state index in [4.69, 9.17) is 11.6 Å². The summed E-state index contributed by atoms with van der Waals surface area (Å²) in [5.41, 5.74) is 4.31. The lowest BCUT2D eigenvalue weighted by atomic mass is 9.72. The molecule has 6 heteroatoms. The fraction of sp³-hybridized carbons (Fsp3) is 0.222. The van der Waals surface area contributed by atoms with Crippen LogP contribution >= 0.6 is 11.6 Å². The van der Waals surface area contributed by atoms with Gasteiger partial charge in [-0.05, 0) is 59.4 Å². The summed E-state index contributed by atoms with van der Waals surface area (Å²) in [5.74, 6) is -0.0463. The van der Waals surface area contributed by atoms with E-state index >= 15 is 0 Å². The van der Waals surface area contributed by atoms with Crippen LogP contribution in [0.2, 0.25) is 5.02 Å². The third kappa shape index (κ3) is 5.21. The van der Waals surface area contributed by atoms with Crippen molar-refractivity contribution in [3.8, 4) is 0 Å². The smallest absolute Gasteiger partial charge is 0.305 e. The van der Waals surface area contributed by atoms with Crippen molar-refractivity contribution in [1.82, 2.24) is 0 Å². The summed E-state index contributed by atoms with van der Waals surface area (Å²) in [5, 5.41) is 0.706. The number of allylic oxidation sites excluding steroid dienone is 1. The number of sulfone groups is 1. The molecule has 5 rings (SSSR count). The molecular formula is C27H25ClO4S. The van der Waals surface area contributed by atoms with E-state index in [1.807, 2.05) is 36.4 Å². The number of carbonyl (C=O) groups is 1. The van der Waals surface area contributed by atoms with Gasteiger partial charge in [0.2, 0.25) is 0 Å². The second-order valence-electron chi connectivity index (χ2n) is 8.32. The Balaban J connectivity index is 0.000000376. The van der Waals surface area contributed by atoms with E-state index in [9.17, 15) is 13.2 Å². The maximum absolute atomic E-state index is 11.7. The summed E-state index contributed by atoms with van der Waals surface area (Å²) >= 11 is 6.30. The SMILES string of the molecule is CS(=O)(=O)c1ccc(CC2(c3cccc(Cl)c3)C=Cc3ccccc32)cc1.O=C1CCCO1. The molecule has 0 aromatic heterocycles. The first-order chi connectivity index (χ1) is 15.8. The fourth-order valence-corrected chi connectivity index (χ4v) is 5.12. The van der Waals surface area contributed by atoms with Crippen LogP contribution < -0.4 is 0 Å². The average Bonchev–Trinajstić information content (AvgIpc) is 3.42. The first-order valence-corrected chi connectivity index (χ1v) is 13.0. The third-order valence-corrected chi connectivity index (χ3v) is 7.31. The molecule has 0 spiro atoms. The zero-order valence-electron chi connectivity index (χ0n) is 18.3. The van der Waals surface area contributed by atoms with Crippen molar-refractivity contribution in [2.24, 2.45) is 0 Å². The highest BCUT2D eigenvalue weighted by Gasteiger charge is 2.36. The number of cyclic esters (lactones) is 1. The zero-order valence-corrected chi connectivity index (χ0v) is 19.9. The highest BCUT2D eigenvalue weighted by Crippen LogP contribution is 2.44. The van der Waals surface area contributed by atoms with Crippen molar-refractivity contribution in [3.05, 3.63) is 106 Å².